The van der Waals surface area contributed by atoms with E-state index in [4.69, 9.17) is 10.8 Å². The molecule has 0 aliphatic heterocycles. The number of carboxylic acid groups (broad SMARTS) is 1. The summed E-state index contributed by atoms with van der Waals surface area (Å²) in [4.78, 5) is 33.3. The van der Waals surface area contributed by atoms with Crippen LogP contribution in [-0.2, 0) is 9.59 Å². The summed E-state index contributed by atoms with van der Waals surface area (Å²) in [5.41, 5.74) is 5.98. The van der Waals surface area contributed by atoms with Crippen molar-refractivity contribution in [2.45, 2.75) is 13.8 Å². The van der Waals surface area contributed by atoms with Gasteiger partial charge in [0.05, 0.1) is 5.92 Å². The number of aliphatic carboxylic acids is 1. The van der Waals surface area contributed by atoms with Gasteiger partial charge in [-0.2, -0.15) is 0 Å². The maximum Gasteiger partial charge on any atom is 0.316 e. The van der Waals surface area contributed by atoms with Crippen LogP contribution >= 0.6 is 0 Å². The molecule has 0 aromatic heterocycles. The summed E-state index contributed by atoms with van der Waals surface area (Å²) in [6.07, 6.45) is 0. The van der Waals surface area contributed by atoms with Gasteiger partial charge >= 0.3 is 12.0 Å². The quantitative estimate of drug-likeness (QED) is 0.652. The molecule has 1 aromatic carbocycles. The van der Waals surface area contributed by atoms with E-state index in [1.807, 2.05) is 0 Å². The molecule has 0 aliphatic carbocycles. The molecule has 7 heteroatoms. The standard InChI is InChI=1S/C13H17N3O4/c1-7(8(2)12(18)19)11(17)15-9-3-5-10(6-4-9)16-13(14)20/h3-8H,1-2H3,(H,15,17)(H,18,19)(H3,14,16,20). The summed E-state index contributed by atoms with van der Waals surface area (Å²) in [7, 11) is 0. The first kappa shape index (κ1) is 15.5. The number of nitrogens with two attached hydrogens (primary N) is 1. The molecule has 7 nitrogen and oxygen atoms in total. The third-order valence-corrected chi connectivity index (χ3v) is 2.97. The molecule has 108 valence electrons. The molecule has 0 fully saturated rings. The molecular weight excluding hydrogens is 262 g/mol. The summed E-state index contributed by atoms with van der Waals surface area (Å²) in [6.45, 7) is 3.03. The van der Waals surface area contributed by atoms with Crippen molar-refractivity contribution in [1.82, 2.24) is 0 Å². The zero-order valence-electron chi connectivity index (χ0n) is 11.2. The second kappa shape index (κ2) is 6.55. The zero-order chi connectivity index (χ0) is 15.3. The minimum absolute atomic E-state index is 0.379. The Morgan fingerprint density at radius 2 is 1.45 bits per heavy atom. The molecule has 1 rings (SSSR count). The summed E-state index contributed by atoms with van der Waals surface area (Å²) in [6, 6.07) is 5.64. The van der Waals surface area contributed by atoms with Gasteiger partial charge in [0.25, 0.3) is 0 Å². The Morgan fingerprint density at radius 3 is 1.85 bits per heavy atom. The van der Waals surface area contributed by atoms with Crippen molar-refractivity contribution < 1.29 is 19.5 Å². The van der Waals surface area contributed by atoms with Crippen LogP contribution < -0.4 is 16.4 Å². The Morgan fingerprint density at radius 1 is 1.00 bits per heavy atom. The van der Waals surface area contributed by atoms with E-state index in [1.54, 1.807) is 31.2 Å². The van der Waals surface area contributed by atoms with Crippen LogP contribution in [0.15, 0.2) is 24.3 Å². The van der Waals surface area contributed by atoms with Crippen molar-refractivity contribution in [3.05, 3.63) is 24.3 Å². The summed E-state index contributed by atoms with van der Waals surface area (Å²) < 4.78 is 0. The van der Waals surface area contributed by atoms with Crippen molar-refractivity contribution in [3.8, 4) is 0 Å². The van der Waals surface area contributed by atoms with Crippen molar-refractivity contribution in [3.63, 3.8) is 0 Å². The molecule has 0 spiro atoms. The smallest absolute Gasteiger partial charge is 0.316 e. The van der Waals surface area contributed by atoms with Gasteiger partial charge < -0.3 is 21.5 Å². The first-order valence-corrected chi connectivity index (χ1v) is 6.01. The molecule has 0 radical (unpaired) electrons. The van der Waals surface area contributed by atoms with Crippen molar-refractivity contribution in [2.24, 2.45) is 17.6 Å². The van der Waals surface area contributed by atoms with E-state index in [2.05, 4.69) is 10.6 Å². The number of carbonyl (C=O) groups excluding carboxylic acids is 2. The Hall–Kier alpha value is -2.57. The Balaban J connectivity index is 2.66. The average molecular weight is 279 g/mol. The molecule has 3 amide bonds. The van der Waals surface area contributed by atoms with Gasteiger partial charge in [0.15, 0.2) is 0 Å². The normalized spacial score (nSPS) is 13.1. The van der Waals surface area contributed by atoms with Gasteiger partial charge in [-0.25, -0.2) is 4.79 Å². The third-order valence-electron chi connectivity index (χ3n) is 2.97. The van der Waals surface area contributed by atoms with Crippen LogP contribution in [0.3, 0.4) is 0 Å². The lowest BCUT2D eigenvalue weighted by atomic mass is 9.95. The lowest BCUT2D eigenvalue weighted by molar-refractivity contribution is -0.145. The number of benzene rings is 1. The third kappa shape index (κ3) is 4.27. The van der Waals surface area contributed by atoms with Crippen molar-refractivity contribution in [1.29, 1.82) is 0 Å². The SMILES string of the molecule is CC(C(=O)O)C(C)C(=O)Nc1ccc(NC(N)=O)cc1. The van der Waals surface area contributed by atoms with Crippen LogP contribution in [0, 0.1) is 11.8 Å². The highest BCUT2D eigenvalue weighted by Crippen LogP contribution is 2.17. The second-order valence-electron chi connectivity index (χ2n) is 4.47. The monoisotopic (exact) mass is 279 g/mol. The fraction of sp³-hybridized carbons (Fsp3) is 0.308. The van der Waals surface area contributed by atoms with E-state index in [0.717, 1.165) is 0 Å². The van der Waals surface area contributed by atoms with Crippen LogP contribution in [0.5, 0.6) is 0 Å². The van der Waals surface area contributed by atoms with E-state index >= 15 is 0 Å². The number of primary amides is 1. The summed E-state index contributed by atoms with van der Waals surface area (Å²) in [5.74, 6) is -2.83. The van der Waals surface area contributed by atoms with Gasteiger partial charge in [-0.05, 0) is 24.3 Å². The predicted molar refractivity (Wildman–Crippen MR) is 74.2 cm³/mol. The lowest BCUT2D eigenvalue weighted by Gasteiger charge is -2.15. The molecule has 2 unspecified atom stereocenters. The molecule has 5 N–H and O–H groups in total. The van der Waals surface area contributed by atoms with Gasteiger partial charge in [0, 0.05) is 17.3 Å². The van der Waals surface area contributed by atoms with E-state index in [0.29, 0.717) is 11.4 Å². The minimum Gasteiger partial charge on any atom is -0.481 e. The maximum atomic E-state index is 11.9. The first-order valence-electron chi connectivity index (χ1n) is 6.01. The molecular formula is C13H17N3O4. The van der Waals surface area contributed by atoms with Gasteiger partial charge in [0.1, 0.15) is 0 Å². The molecule has 0 saturated heterocycles. The Bertz CT molecular complexity index is 513. The van der Waals surface area contributed by atoms with Crippen LogP contribution in [-0.4, -0.2) is 23.0 Å². The number of hydrogen-bond acceptors (Lipinski definition) is 3. The van der Waals surface area contributed by atoms with Crippen LogP contribution in [0.4, 0.5) is 16.2 Å². The van der Waals surface area contributed by atoms with Crippen LogP contribution in [0.2, 0.25) is 0 Å². The van der Waals surface area contributed by atoms with Gasteiger partial charge in [-0.1, -0.05) is 13.8 Å². The highest BCUT2D eigenvalue weighted by molar-refractivity contribution is 5.95. The number of hydrogen-bond donors (Lipinski definition) is 4. The highest BCUT2D eigenvalue weighted by atomic mass is 16.4. The van der Waals surface area contributed by atoms with Crippen LogP contribution in [0.25, 0.3) is 0 Å². The van der Waals surface area contributed by atoms with Gasteiger partial charge in [-0.15, -0.1) is 0 Å². The topological polar surface area (TPSA) is 122 Å². The average Bonchev–Trinajstić information content (AvgIpc) is 2.38. The number of anilines is 2. The summed E-state index contributed by atoms with van der Waals surface area (Å²) >= 11 is 0. The number of rotatable bonds is 5. The van der Waals surface area contributed by atoms with Crippen molar-refractivity contribution >= 4 is 29.3 Å². The number of urea groups is 1. The van der Waals surface area contributed by atoms with Crippen LogP contribution in [0.1, 0.15) is 13.8 Å². The minimum atomic E-state index is -1.02. The summed E-state index contributed by atoms with van der Waals surface area (Å²) in [5, 5.41) is 13.9. The maximum absolute atomic E-state index is 11.9. The predicted octanol–water partition coefficient (Wildman–Crippen LogP) is 1.47. The Labute approximate surface area is 116 Å². The molecule has 0 heterocycles. The van der Waals surface area contributed by atoms with Gasteiger partial charge in [-0.3, -0.25) is 9.59 Å². The number of carbonyl (C=O) groups is 3. The van der Waals surface area contributed by atoms with Crippen molar-refractivity contribution in [2.75, 3.05) is 10.6 Å². The lowest BCUT2D eigenvalue weighted by Crippen LogP contribution is -2.29. The highest BCUT2D eigenvalue weighted by Gasteiger charge is 2.25. The molecule has 0 aliphatic rings. The number of carboxylic acids is 1. The Kier molecular flexibility index (Phi) is 5.08. The van der Waals surface area contributed by atoms with E-state index in [-0.39, 0.29) is 5.91 Å². The first-order chi connectivity index (χ1) is 9.31. The molecule has 20 heavy (non-hydrogen) atoms. The largest absolute Gasteiger partial charge is 0.481 e. The fourth-order valence-electron chi connectivity index (χ4n) is 1.48. The van der Waals surface area contributed by atoms with E-state index in [1.165, 1.54) is 6.92 Å². The number of nitrogens with one attached hydrogen (secondary N) is 2. The number of amides is 3. The molecule has 0 saturated carbocycles. The van der Waals surface area contributed by atoms with E-state index < -0.39 is 23.8 Å². The fourth-order valence-corrected chi connectivity index (χ4v) is 1.48. The zero-order valence-corrected chi connectivity index (χ0v) is 11.2. The molecule has 0 bridgehead atoms. The van der Waals surface area contributed by atoms with E-state index in [9.17, 15) is 14.4 Å². The van der Waals surface area contributed by atoms with Gasteiger partial charge in [0.2, 0.25) is 5.91 Å². The second-order valence-corrected chi connectivity index (χ2v) is 4.47. The molecule has 2 atom stereocenters. The molecule has 1 aromatic rings.